The summed E-state index contributed by atoms with van der Waals surface area (Å²) < 4.78 is 5.56. The Morgan fingerprint density at radius 3 is 2.88 bits per heavy atom. The van der Waals surface area contributed by atoms with Gasteiger partial charge in [0, 0.05) is 11.8 Å². The van der Waals surface area contributed by atoms with Crippen LogP contribution in [0.1, 0.15) is 0 Å². The highest BCUT2D eigenvalue weighted by Gasteiger charge is 2.11. The molecule has 16 heavy (non-hydrogen) atoms. The van der Waals surface area contributed by atoms with E-state index in [0.717, 1.165) is 29.2 Å². The quantitative estimate of drug-likeness (QED) is 0.788. The number of hydrogen-bond acceptors (Lipinski definition) is 3. The molecule has 2 aromatic rings. The summed E-state index contributed by atoms with van der Waals surface area (Å²) in [5.41, 5.74) is 2.25. The van der Waals surface area contributed by atoms with E-state index in [-0.39, 0.29) is 0 Å². The Balaban J connectivity index is 2.03. The average molecular weight is 212 g/mol. The molecule has 0 saturated carbocycles. The molecule has 80 valence electrons. The van der Waals surface area contributed by atoms with Gasteiger partial charge in [0.05, 0.1) is 6.54 Å². The number of pyridine rings is 1. The van der Waals surface area contributed by atoms with Gasteiger partial charge in [-0.1, -0.05) is 30.3 Å². The molecule has 0 fully saturated rings. The summed E-state index contributed by atoms with van der Waals surface area (Å²) in [5.74, 6) is 1.68. The first-order valence-corrected chi connectivity index (χ1v) is 5.35. The predicted molar refractivity (Wildman–Crippen MR) is 63.7 cm³/mol. The third kappa shape index (κ3) is 1.60. The van der Waals surface area contributed by atoms with Gasteiger partial charge in [0.1, 0.15) is 6.61 Å². The van der Waals surface area contributed by atoms with Crippen molar-refractivity contribution >= 4 is 5.82 Å². The van der Waals surface area contributed by atoms with Gasteiger partial charge in [0.25, 0.3) is 0 Å². The van der Waals surface area contributed by atoms with Gasteiger partial charge in [-0.05, 0) is 11.6 Å². The standard InChI is InChI=1S/C13H12N2O/c1-2-4-10(5-3-1)11-8-12-13(15-9-11)14-6-7-16-12/h1-5,8-9H,6-7H2,(H,14,15). The normalized spacial score (nSPS) is 13.5. The number of nitrogens with zero attached hydrogens (tertiary/aromatic N) is 1. The second-order valence-electron chi connectivity index (χ2n) is 3.71. The zero-order valence-electron chi connectivity index (χ0n) is 8.81. The molecule has 3 heteroatoms. The molecule has 0 radical (unpaired) electrons. The van der Waals surface area contributed by atoms with Crippen LogP contribution < -0.4 is 10.1 Å². The first-order chi connectivity index (χ1) is 7.93. The SMILES string of the molecule is c1ccc(-c2cnc3c(c2)OCCN3)cc1. The number of benzene rings is 1. The van der Waals surface area contributed by atoms with Crippen LogP contribution in [-0.2, 0) is 0 Å². The van der Waals surface area contributed by atoms with Gasteiger partial charge in [-0.2, -0.15) is 0 Å². The van der Waals surface area contributed by atoms with Crippen LogP contribution in [0.2, 0.25) is 0 Å². The maximum Gasteiger partial charge on any atom is 0.168 e. The highest BCUT2D eigenvalue weighted by molar-refractivity contribution is 5.67. The smallest absolute Gasteiger partial charge is 0.168 e. The summed E-state index contributed by atoms with van der Waals surface area (Å²) in [6, 6.07) is 12.2. The van der Waals surface area contributed by atoms with Gasteiger partial charge >= 0.3 is 0 Å². The third-order valence-electron chi connectivity index (χ3n) is 2.61. The number of anilines is 1. The Morgan fingerprint density at radius 1 is 1.12 bits per heavy atom. The zero-order chi connectivity index (χ0) is 10.8. The molecule has 0 aliphatic carbocycles. The van der Waals surface area contributed by atoms with Gasteiger partial charge in [-0.25, -0.2) is 4.98 Å². The maximum atomic E-state index is 5.56. The number of hydrogen-bond donors (Lipinski definition) is 1. The lowest BCUT2D eigenvalue weighted by Gasteiger charge is -2.18. The van der Waals surface area contributed by atoms with Crippen molar-refractivity contribution in [1.82, 2.24) is 4.98 Å². The van der Waals surface area contributed by atoms with Crippen LogP contribution in [0.5, 0.6) is 5.75 Å². The highest BCUT2D eigenvalue weighted by Crippen LogP contribution is 2.29. The molecule has 1 aliphatic heterocycles. The summed E-state index contributed by atoms with van der Waals surface area (Å²) in [6.45, 7) is 1.53. The molecule has 0 unspecified atom stereocenters. The fourth-order valence-electron chi connectivity index (χ4n) is 1.81. The molecular weight excluding hydrogens is 200 g/mol. The van der Waals surface area contributed by atoms with Crippen LogP contribution in [0.25, 0.3) is 11.1 Å². The second kappa shape index (κ2) is 3.85. The monoisotopic (exact) mass is 212 g/mol. The van der Waals surface area contributed by atoms with Gasteiger partial charge < -0.3 is 10.1 Å². The van der Waals surface area contributed by atoms with E-state index in [0.29, 0.717) is 6.61 Å². The number of nitrogens with one attached hydrogen (secondary N) is 1. The van der Waals surface area contributed by atoms with Crippen LogP contribution in [0.3, 0.4) is 0 Å². The van der Waals surface area contributed by atoms with Crippen molar-refractivity contribution < 1.29 is 4.74 Å². The Morgan fingerprint density at radius 2 is 2.00 bits per heavy atom. The molecule has 3 rings (SSSR count). The average Bonchev–Trinajstić information content (AvgIpc) is 2.39. The van der Waals surface area contributed by atoms with Crippen molar-refractivity contribution in [3.63, 3.8) is 0 Å². The maximum absolute atomic E-state index is 5.56. The van der Waals surface area contributed by atoms with E-state index in [2.05, 4.69) is 22.4 Å². The molecule has 1 aromatic carbocycles. The van der Waals surface area contributed by atoms with Crippen LogP contribution in [0.4, 0.5) is 5.82 Å². The molecule has 0 bridgehead atoms. The van der Waals surface area contributed by atoms with Crippen molar-refractivity contribution in [2.24, 2.45) is 0 Å². The van der Waals surface area contributed by atoms with Crippen molar-refractivity contribution in [3.05, 3.63) is 42.6 Å². The van der Waals surface area contributed by atoms with Crippen LogP contribution >= 0.6 is 0 Å². The summed E-state index contributed by atoms with van der Waals surface area (Å²) in [5, 5.41) is 3.21. The Labute approximate surface area is 94.1 Å². The Kier molecular flexibility index (Phi) is 2.22. The fraction of sp³-hybridized carbons (Fsp3) is 0.154. The van der Waals surface area contributed by atoms with Crippen molar-refractivity contribution in [3.8, 4) is 16.9 Å². The molecule has 0 amide bonds. The van der Waals surface area contributed by atoms with Crippen LogP contribution in [0, 0.1) is 0 Å². The first-order valence-electron chi connectivity index (χ1n) is 5.35. The summed E-state index contributed by atoms with van der Waals surface area (Å²) in [7, 11) is 0. The lowest BCUT2D eigenvalue weighted by atomic mass is 10.1. The number of fused-ring (bicyclic) bond motifs is 1. The molecule has 0 spiro atoms. The Hall–Kier alpha value is -2.03. The molecule has 1 N–H and O–H groups in total. The van der Waals surface area contributed by atoms with Gasteiger partial charge in [0.15, 0.2) is 11.6 Å². The lowest BCUT2D eigenvalue weighted by molar-refractivity contribution is 0.321. The van der Waals surface area contributed by atoms with Crippen LogP contribution in [0.15, 0.2) is 42.6 Å². The molecule has 0 atom stereocenters. The molecular formula is C13H12N2O. The summed E-state index contributed by atoms with van der Waals surface area (Å²) in [4.78, 5) is 4.36. The van der Waals surface area contributed by atoms with Gasteiger partial charge in [0.2, 0.25) is 0 Å². The van der Waals surface area contributed by atoms with Crippen molar-refractivity contribution in [1.29, 1.82) is 0 Å². The molecule has 3 nitrogen and oxygen atoms in total. The van der Waals surface area contributed by atoms with E-state index >= 15 is 0 Å². The predicted octanol–water partition coefficient (Wildman–Crippen LogP) is 2.55. The lowest BCUT2D eigenvalue weighted by Crippen LogP contribution is -2.18. The van der Waals surface area contributed by atoms with E-state index in [1.54, 1.807) is 0 Å². The minimum atomic E-state index is 0.701. The molecule has 2 heterocycles. The third-order valence-corrected chi connectivity index (χ3v) is 2.61. The molecule has 0 saturated heterocycles. The fourth-order valence-corrected chi connectivity index (χ4v) is 1.81. The summed E-state index contributed by atoms with van der Waals surface area (Å²) in [6.07, 6.45) is 1.87. The van der Waals surface area contributed by atoms with Crippen LogP contribution in [-0.4, -0.2) is 18.1 Å². The van der Waals surface area contributed by atoms with E-state index < -0.39 is 0 Å². The van der Waals surface area contributed by atoms with E-state index in [1.807, 2.05) is 30.5 Å². The topological polar surface area (TPSA) is 34.1 Å². The van der Waals surface area contributed by atoms with Crippen molar-refractivity contribution in [2.45, 2.75) is 0 Å². The minimum absolute atomic E-state index is 0.701. The second-order valence-corrected chi connectivity index (χ2v) is 3.71. The van der Waals surface area contributed by atoms with E-state index in [4.69, 9.17) is 4.74 Å². The Bertz CT molecular complexity index is 497. The molecule has 1 aliphatic rings. The highest BCUT2D eigenvalue weighted by atomic mass is 16.5. The van der Waals surface area contributed by atoms with E-state index in [9.17, 15) is 0 Å². The number of aromatic nitrogens is 1. The van der Waals surface area contributed by atoms with Gasteiger partial charge in [-0.15, -0.1) is 0 Å². The summed E-state index contributed by atoms with van der Waals surface area (Å²) >= 11 is 0. The number of ether oxygens (including phenoxy) is 1. The van der Waals surface area contributed by atoms with Gasteiger partial charge in [-0.3, -0.25) is 0 Å². The first kappa shape index (κ1) is 9.21. The number of rotatable bonds is 1. The minimum Gasteiger partial charge on any atom is -0.488 e. The van der Waals surface area contributed by atoms with Crippen molar-refractivity contribution in [2.75, 3.05) is 18.5 Å². The zero-order valence-corrected chi connectivity index (χ0v) is 8.81. The van der Waals surface area contributed by atoms with E-state index in [1.165, 1.54) is 0 Å². The molecule has 1 aromatic heterocycles. The largest absolute Gasteiger partial charge is 0.488 e.